The van der Waals surface area contributed by atoms with E-state index in [1.807, 2.05) is 6.92 Å². The van der Waals surface area contributed by atoms with E-state index in [0.717, 1.165) is 13.1 Å². The fourth-order valence-corrected chi connectivity index (χ4v) is 1.78. The predicted octanol–water partition coefficient (Wildman–Crippen LogP) is 1.37. The molecule has 2 atom stereocenters. The molecule has 0 saturated carbocycles. The first-order valence-corrected chi connectivity index (χ1v) is 4.56. The molecule has 0 bridgehead atoms. The van der Waals surface area contributed by atoms with Crippen LogP contribution in [-0.4, -0.2) is 47.4 Å². The third-order valence-electron chi connectivity index (χ3n) is 2.52. The first-order chi connectivity index (χ1) is 5.52. The van der Waals surface area contributed by atoms with E-state index in [1.165, 1.54) is 0 Å². The fourth-order valence-electron chi connectivity index (χ4n) is 1.54. The Hall–Kier alpha value is -0.280. The highest BCUT2D eigenvalue weighted by atomic mass is 35.5. The van der Waals surface area contributed by atoms with Crippen molar-refractivity contribution in [2.75, 3.05) is 20.1 Å². The molecule has 0 unspecified atom stereocenters. The summed E-state index contributed by atoms with van der Waals surface area (Å²) in [5.74, 6) is 0. The Morgan fingerprint density at radius 3 is 2.42 bits per heavy atom. The van der Waals surface area contributed by atoms with Crippen LogP contribution in [0, 0.1) is 0 Å². The number of rotatable bonds is 0. The lowest BCUT2D eigenvalue weighted by Crippen LogP contribution is -2.55. The second kappa shape index (κ2) is 3.62. The molecule has 0 radical (unpaired) electrons. The lowest BCUT2D eigenvalue weighted by atomic mass is 10.1. The quantitative estimate of drug-likeness (QED) is 0.426. The Morgan fingerprint density at radius 2 is 1.92 bits per heavy atom. The molecule has 1 saturated heterocycles. The molecule has 70 valence electrons. The van der Waals surface area contributed by atoms with E-state index in [1.54, 1.807) is 4.90 Å². The van der Waals surface area contributed by atoms with Crippen LogP contribution >= 0.6 is 11.6 Å². The third kappa shape index (κ3) is 1.90. The first-order valence-electron chi connectivity index (χ1n) is 4.18. The van der Waals surface area contributed by atoms with Crippen LogP contribution in [-0.2, 0) is 0 Å². The summed E-state index contributed by atoms with van der Waals surface area (Å²) in [5.41, 5.74) is 0. The maximum atomic E-state index is 10.9. The van der Waals surface area contributed by atoms with Crippen molar-refractivity contribution in [3.05, 3.63) is 0 Å². The molecular formula is C8H15ClN2O. The van der Waals surface area contributed by atoms with Crippen LogP contribution in [0.1, 0.15) is 13.8 Å². The molecule has 3 nitrogen and oxygen atoms in total. The fraction of sp³-hybridized carbons (Fsp3) is 0.875. The number of hydrogen-bond donors (Lipinski definition) is 0. The molecule has 12 heavy (non-hydrogen) atoms. The van der Waals surface area contributed by atoms with Crippen LogP contribution in [0.2, 0.25) is 0 Å². The molecule has 1 amide bonds. The largest absolute Gasteiger partial charge is 0.324 e. The standard InChI is InChI=1S/C8H15ClN2O/c1-6-5-11(8(9)12)7(2)4-10(6)3/h6-7H,4-5H2,1-3H3/t6-,7+/m0/s1. The molecule has 0 aromatic heterocycles. The van der Waals surface area contributed by atoms with Gasteiger partial charge in [0.15, 0.2) is 0 Å². The lowest BCUT2D eigenvalue weighted by molar-refractivity contribution is 0.0912. The van der Waals surface area contributed by atoms with Crippen LogP contribution in [0.15, 0.2) is 0 Å². The van der Waals surface area contributed by atoms with E-state index in [-0.39, 0.29) is 11.4 Å². The van der Waals surface area contributed by atoms with E-state index in [2.05, 4.69) is 18.9 Å². The molecule has 4 heteroatoms. The van der Waals surface area contributed by atoms with Gasteiger partial charge in [-0.3, -0.25) is 9.69 Å². The molecule has 0 N–H and O–H groups in total. The Morgan fingerprint density at radius 1 is 1.33 bits per heavy atom. The van der Waals surface area contributed by atoms with E-state index < -0.39 is 0 Å². The van der Waals surface area contributed by atoms with E-state index >= 15 is 0 Å². The maximum Gasteiger partial charge on any atom is 0.316 e. The Kier molecular flexibility index (Phi) is 2.96. The van der Waals surface area contributed by atoms with Gasteiger partial charge in [-0.1, -0.05) is 0 Å². The van der Waals surface area contributed by atoms with E-state index in [4.69, 9.17) is 11.6 Å². The second-order valence-electron chi connectivity index (χ2n) is 3.54. The topological polar surface area (TPSA) is 23.6 Å². The van der Waals surface area contributed by atoms with Gasteiger partial charge in [0, 0.05) is 25.2 Å². The van der Waals surface area contributed by atoms with Gasteiger partial charge < -0.3 is 4.90 Å². The summed E-state index contributed by atoms with van der Waals surface area (Å²) in [5, 5.41) is -0.331. The van der Waals surface area contributed by atoms with Crippen molar-refractivity contribution in [3.8, 4) is 0 Å². The number of hydrogen-bond acceptors (Lipinski definition) is 2. The summed E-state index contributed by atoms with van der Waals surface area (Å²) in [6.07, 6.45) is 0. The minimum absolute atomic E-state index is 0.233. The zero-order valence-electron chi connectivity index (χ0n) is 7.75. The smallest absolute Gasteiger partial charge is 0.316 e. The van der Waals surface area contributed by atoms with Gasteiger partial charge in [0.2, 0.25) is 0 Å². The van der Waals surface area contributed by atoms with Crippen LogP contribution in [0.25, 0.3) is 0 Å². The van der Waals surface area contributed by atoms with Crippen molar-refractivity contribution in [2.45, 2.75) is 25.9 Å². The summed E-state index contributed by atoms with van der Waals surface area (Å²) in [6, 6.07) is 0.639. The predicted molar refractivity (Wildman–Crippen MR) is 49.5 cm³/mol. The molecule has 0 aliphatic carbocycles. The number of halogens is 1. The van der Waals surface area contributed by atoms with Crippen molar-refractivity contribution >= 4 is 17.0 Å². The summed E-state index contributed by atoms with van der Waals surface area (Å²) in [6.45, 7) is 5.75. The van der Waals surface area contributed by atoms with Gasteiger partial charge in [0.05, 0.1) is 0 Å². The van der Waals surface area contributed by atoms with E-state index in [9.17, 15) is 4.79 Å². The minimum Gasteiger partial charge on any atom is -0.324 e. The Labute approximate surface area is 78.3 Å². The lowest BCUT2D eigenvalue weighted by Gasteiger charge is -2.41. The van der Waals surface area contributed by atoms with Crippen LogP contribution in [0.4, 0.5) is 4.79 Å². The SMILES string of the molecule is C[C@@H]1CN(C)[C@@H](C)CN1C(=O)Cl. The van der Waals surface area contributed by atoms with Crippen molar-refractivity contribution in [1.82, 2.24) is 9.80 Å². The van der Waals surface area contributed by atoms with Crippen molar-refractivity contribution < 1.29 is 4.79 Å². The molecule has 1 aliphatic heterocycles. The molecule has 0 aromatic carbocycles. The zero-order chi connectivity index (χ0) is 9.30. The summed E-state index contributed by atoms with van der Waals surface area (Å²) in [4.78, 5) is 14.9. The summed E-state index contributed by atoms with van der Waals surface area (Å²) >= 11 is 5.43. The number of amides is 1. The molecule has 1 fully saturated rings. The van der Waals surface area contributed by atoms with Crippen molar-refractivity contribution in [3.63, 3.8) is 0 Å². The summed E-state index contributed by atoms with van der Waals surface area (Å²) < 4.78 is 0. The van der Waals surface area contributed by atoms with E-state index in [0.29, 0.717) is 6.04 Å². The number of likely N-dealkylation sites (N-methyl/N-ethyl adjacent to an activating group) is 1. The molecule has 0 aromatic rings. The van der Waals surface area contributed by atoms with Crippen molar-refractivity contribution in [1.29, 1.82) is 0 Å². The normalized spacial score (nSPS) is 32.2. The van der Waals surface area contributed by atoms with Crippen LogP contribution in [0.5, 0.6) is 0 Å². The highest BCUT2D eigenvalue weighted by Crippen LogP contribution is 2.14. The zero-order valence-corrected chi connectivity index (χ0v) is 8.51. The third-order valence-corrected chi connectivity index (χ3v) is 2.74. The van der Waals surface area contributed by atoms with Gasteiger partial charge in [-0.05, 0) is 32.5 Å². The van der Waals surface area contributed by atoms with Crippen LogP contribution in [0.3, 0.4) is 0 Å². The second-order valence-corrected chi connectivity index (χ2v) is 3.87. The highest BCUT2D eigenvalue weighted by molar-refractivity contribution is 6.62. The minimum atomic E-state index is -0.331. The van der Waals surface area contributed by atoms with Crippen molar-refractivity contribution in [2.24, 2.45) is 0 Å². The number of carbonyl (C=O) groups is 1. The Balaban J connectivity index is 2.61. The molecule has 1 rings (SSSR count). The van der Waals surface area contributed by atoms with Gasteiger partial charge in [-0.25, -0.2) is 0 Å². The molecular weight excluding hydrogens is 176 g/mol. The first kappa shape index (κ1) is 9.81. The van der Waals surface area contributed by atoms with Gasteiger partial charge in [0.1, 0.15) is 0 Å². The van der Waals surface area contributed by atoms with Gasteiger partial charge >= 0.3 is 5.37 Å². The van der Waals surface area contributed by atoms with Gasteiger partial charge in [-0.15, -0.1) is 0 Å². The molecule has 0 spiro atoms. The van der Waals surface area contributed by atoms with Gasteiger partial charge in [-0.2, -0.15) is 0 Å². The highest BCUT2D eigenvalue weighted by Gasteiger charge is 2.28. The average molecular weight is 191 g/mol. The number of carbonyl (C=O) groups excluding carboxylic acids is 1. The van der Waals surface area contributed by atoms with Gasteiger partial charge in [0.25, 0.3) is 0 Å². The molecule has 1 heterocycles. The maximum absolute atomic E-state index is 10.9. The van der Waals surface area contributed by atoms with Crippen LogP contribution < -0.4 is 0 Å². The Bertz CT molecular complexity index is 186. The number of nitrogens with zero attached hydrogens (tertiary/aromatic N) is 2. The number of piperazine rings is 1. The monoisotopic (exact) mass is 190 g/mol. The summed E-state index contributed by atoms with van der Waals surface area (Å²) in [7, 11) is 2.07. The molecule has 1 aliphatic rings. The average Bonchev–Trinajstić information content (AvgIpc) is 1.96.